The molecule has 1 aromatic rings. The number of nitrogen functional groups attached to an aromatic ring is 1. The second-order valence-corrected chi connectivity index (χ2v) is 3.89. The molecule has 0 heterocycles. The standard InChI is InChI=1S/C13H17N3O2/c1-3-9(6-7-14)16-13(17)11-5-4-10(18-2)8-12(11)15/h4-5,8-9H,3,6,15H2,1-2H3,(H,16,17). The van der Waals surface area contributed by atoms with Gasteiger partial charge in [0.2, 0.25) is 0 Å². The molecule has 0 bridgehead atoms. The van der Waals surface area contributed by atoms with E-state index in [0.29, 0.717) is 23.4 Å². The Hall–Kier alpha value is -2.22. The van der Waals surface area contributed by atoms with Gasteiger partial charge in [-0.05, 0) is 18.6 Å². The molecule has 18 heavy (non-hydrogen) atoms. The summed E-state index contributed by atoms with van der Waals surface area (Å²) in [5.41, 5.74) is 6.54. The summed E-state index contributed by atoms with van der Waals surface area (Å²) >= 11 is 0. The average Bonchev–Trinajstić information content (AvgIpc) is 2.37. The molecule has 5 heteroatoms. The molecule has 0 aromatic heterocycles. The van der Waals surface area contributed by atoms with Gasteiger partial charge in [-0.3, -0.25) is 4.79 Å². The first-order valence-corrected chi connectivity index (χ1v) is 5.73. The van der Waals surface area contributed by atoms with Crippen molar-refractivity contribution in [1.29, 1.82) is 5.26 Å². The number of benzene rings is 1. The van der Waals surface area contributed by atoms with Crippen molar-refractivity contribution in [2.75, 3.05) is 12.8 Å². The molecule has 1 atom stereocenters. The quantitative estimate of drug-likeness (QED) is 0.775. The minimum atomic E-state index is -0.266. The fourth-order valence-electron chi connectivity index (χ4n) is 1.55. The summed E-state index contributed by atoms with van der Waals surface area (Å²) in [4.78, 5) is 12.0. The number of amides is 1. The Balaban J connectivity index is 2.81. The predicted octanol–water partition coefficient (Wildman–Crippen LogP) is 1.70. The zero-order chi connectivity index (χ0) is 13.5. The first-order chi connectivity index (χ1) is 8.62. The van der Waals surface area contributed by atoms with E-state index in [1.165, 1.54) is 7.11 Å². The zero-order valence-corrected chi connectivity index (χ0v) is 10.6. The van der Waals surface area contributed by atoms with E-state index in [4.69, 9.17) is 15.7 Å². The van der Waals surface area contributed by atoms with Crippen molar-refractivity contribution in [1.82, 2.24) is 5.32 Å². The van der Waals surface area contributed by atoms with E-state index in [9.17, 15) is 4.79 Å². The molecule has 96 valence electrons. The molecule has 5 nitrogen and oxygen atoms in total. The third kappa shape index (κ3) is 3.39. The second kappa shape index (κ2) is 6.50. The van der Waals surface area contributed by atoms with E-state index in [2.05, 4.69) is 5.32 Å². The van der Waals surface area contributed by atoms with Crippen molar-refractivity contribution in [3.8, 4) is 11.8 Å². The van der Waals surface area contributed by atoms with Gasteiger partial charge in [0.25, 0.3) is 5.91 Å². The third-order valence-electron chi connectivity index (χ3n) is 2.67. The molecule has 0 aliphatic carbocycles. The van der Waals surface area contributed by atoms with Crippen LogP contribution in [0.25, 0.3) is 0 Å². The molecule has 0 aliphatic heterocycles. The van der Waals surface area contributed by atoms with Gasteiger partial charge in [0.15, 0.2) is 0 Å². The Morgan fingerprint density at radius 3 is 2.83 bits per heavy atom. The summed E-state index contributed by atoms with van der Waals surface area (Å²) in [6, 6.07) is 6.78. The Morgan fingerprint density at radius 2 is 2.33 bits per heavy atom. The fourth-order valence-corrected chi connectivity index (χ4v) is 1.55. The van der Waals surface area contributed by atoms with Gasteiger partial charge in [0, 0.05) is 17.8 Å². The van der Waals surface area contributed by atoms with Crippen LogP contribution >= 0.6 is 0 Å². The minimum Gasteiger partial charge on any atom is -0.497 e. The van der Waals surface area contributed by atoms with E-state index in [0.717, 1.165) is 0 Å². The van der Waals surface area contributed by atoms with Crippen molar-refractivity contribution in [2.24, 2.45) is 0 Å². The van der Waals surface area contributed by atoms with Crippen LogP contribution in [0.2, 0.25) is 0 Å². The van der Waals surface area contributed by atoms with Crippen LogP contribution in [0.5, 0.6) is 5.75 Å². The Labute approximate surface area is 107 Å². The number of nitriles is 1. The molecule has 0 saturated heterocycles. The SMILES string of the molecule is CCC(CC#N)NC(=O)c1ccc(OC)cc1N. The van der Waals surface area contributed by atoms with Crippen molar-refractivity contribution in [3.05, 3.63) is 23.8 Å². The van der Waals surface area contributed by atoms with Crippen LogP contribution in [0, 0.1) is 11.3 Å². The van der Waals surface area contributed by atoms with Gasteiger partial charge in [-0.25, -0.2) is 0 Å². The Bertz CT molecular complexity index is 466. The molecule has 1 unspecified atom stereocenters. The first kappa shape index (κ1) is 13.8. The van der Waals surface area contributed by atoms with E-state index in [-0.39, 0.29) is 18.4 Å². The lowest BCUT2D eigenvalue weighted by atomic mass is 10.1. The van der Waals surface area contributed by atoms with E-state index >= 15 is 0 Å². The Kier molecular flexibility index (Phi) is 5.00. The lowest BCUT2D eigenvalue weighted by Crippen LogP contribution is -2.34. The number of rotatable bonds is 5. The molecule has 0 saturated carbocycles. The summed E-state index contributed by atoms with van der Waals surface area (Å²) in [6.45, 7) is 1.92. The average molecular weight is 247 g/mol. The highest BCUT2D eigenvalue weighted by Gasteiger charge is 2.14. The number of ether oxygens (including phenoxy) is 1. The number of carbonyl (C=O) groups is 1. The molecule has 3 N–H and O–H groups in total. The highest BCUT2D eigenvalue weighted by molar-refractivity contribution is 5.99. The number of carbonyl (C=O) groups excluding carboxylic acids is 1. The molecule has 0 fully saturated rings. The summed E-state index contributed by atoms with van der Waals surface area (Å²) in [5, 5.41) is 11.4. The monoisotopic (exact) mass is 247 g/mol. The van der Waals surface area contributed by atoms with Gasteiger partial charge in [0.05, 0.1) is 25.2 Å². The minimum absolute atomic E-state index is 0.149. The van der Waals surface area contributed by atoms with E-state index < -0.39 is 0 Å². The number of anilines is 1. The molecule has 1 rings (SSSR count). The molecule has 0 radical (unpaired) electrons. The van der Waals surface area contributed by atoms with Crippen LogP contribution < -0.4 is 15.8 Å². The van der Waals surface area contributed by atoms with E-state index in [1.54, 1.807) is 18.2 Å². The molecular formula is C13H17N3O2. The number of methoxy groups -OCH3 is 1. The van der Waals surface area contributed by atoms with Crippen LogP contribution in [0.3, 0.4) is 0 Å². The molecule has 1 amide bonds. The van der Waals surface area contributed by atoms with Crippen LogP contribution in [0.1, 0.15) is 30.1 Å². The predicted molar refractivity (Wildman–Crippen MR) is 69.2 cm³/mol. The number of nitrogens with zero attached hydrogens (tertiary/aromatic N) is 1. The van der Waals surface area contributed by atoms with Gasteiger partial charge < -0.3 is 15.8 Å². The Morgan fingerprint density at radius 1 is 1.61 bits per heavy atom. The van der Waals surface area contributed by atoms with Crippen molar-refractivity contribution >= 4 is 11.6 Å². The largest absolute Gasteiger partial charge is 0.497 e. The summed E-state index contributed by atoms with van der Waals surface area (Å²) in [7, 11) is 1.54. The fraction of sp³-hybridized carbons (Fsp3) is 0.385. The molecule has 1 aromatic carbocycles. The van der Waals surface area contributed by atoms with Gasteiger partial charge in [-0.15, -0.1) is 0 Å². The van der Waals surface area contributed by atoms with Crippen molar-refractivity contribution in [3.63, 3.8) is 0 Å². The highest BCUT2D eigenvalue weighted by Crippen LogP contribution is 2.19. The smallest absolute Gasteiger partial charge is 0.253 e. The number of nitrogens with one attached hydrogen (secondary N) is 1. The number of hydrogen-bond acceptors (Lipinski definition) is 4. The number of hydrogen-bond donors (Lipinski definition) is 2. The molecule has 0 spiro atoms. The maximum atomic E-state index is 12.0. The first-order valence-electron chi connectivity index (χ1n) is 5.73. The van der Waals surface area contributed by atoms with Crippen LogP contribution in [0.4, 0.5) is 5.69 Å². The normalized spacial score (nSPS) is 11.4. The van der Waals surface area contributed by atoms with E-state index in [1.807, 2.05) is 13.0 Å². The van der Waals surface area contributed by atoms with Crippen LogP contribution in [-0.4, -0.2) is 19.1 Å². The molecular weight excluding hydrogens is 230 g/mol. The highest BCUT2D eigenvalue weighted by atomic mass is 16.5. The lowest BCUT2D eigenvalue weighted by molar-refractivity contribution is 0.0937. The second-order valence-electron chi connectivity index (χ2n) is 3.89. The van der Waals surface area contributed by atoms with Crippen molar-refractivity contribution < 1.29 is 9.53 Å². The third-order valence-corrected chi connectivity index (χ3v) is 2.67. The van der Waals surface area contributed by atoms with Crippen LogP contribution in [-0.2, 0) is 0 Å². The topological polar surface area (TPSA) is 88.1 Å². The van der Waals surface area contributed by atoms with Gasteiger partial charge in [0.1, 0.15) is 5.75 Å². The zero-order valence-electron chi connectivity index (χ0n) is 10.6. The number of nitrogens with two attached hydrogens (primary N) is 1. The summed E-state index contributed by atoms with van der Waals surface area (Å²) in [6.07, 6.45) is 0.994. The molecule has 0 aliphatic rings. The summed E-state index contributed by atoms with van der Waals surface area (Å²) in [5.74, 6) is 0.338. The van der Waals surface area contributed by atoms with Gasteiger partial charge >= 0.3 is 0 Å². The van der Waals surface area contributed by atoms with Gasteiger partial charge in [-0.2, -0.15) is 5.26 Å². The maximum absolute atomic E-state index is 12.0. The van der Waals surface area contributed by atoms with Gasteiger partial charge in [-0.1, -0.05) is 6.92 Å². The van der Waals surface area contributed by atoms with Crippen molar-refractivity contribution in [2.45, 2.75) is 25.8 Å². The van der Waals surface area contributed by atoms with Crippen LogP contribution in [0.15, 0.2) is 18.2 Å². The summed E-state index contributed by atoms with van der Waals surface area (Å²) < 4.78 is 5.02. The lowest BCUT2D eigenvalue weighted by Gasteiger charge is -2.14. The maximum Gasteiger partial charge on any atom is 0.253 e.